The van der Waals surface area contributed by atoms with Crippen LogP contribution in [0, 0.1) is 16.7 Å². The fraction of sp³-hybridized carbons (Fsp3) is 0.412. The number of rotatable bonds is 2. The van der Waals surface area contributed by atoms with Gasteiger partial charge < -0.3 is 5.32 Å². The number of fused-ring (bicyclic) bond motifs is 1. The summed E-state index contributed by atoms with van der Waals surface area (Å²) in [5.41, 5.74) is 4.39. The third kappa shape index (κ3) is 2.45. The van der Waals surface area contributed by atoms with Gasteiger partial charge in [-0.2, -0.15) is 10.4 Å². The van der Waals surface area contributed by atoms with E-state index in [1.54, 1.807) is 0 Å². The number of nitrogens with one attached hydrogen (secondary N) is 1. The zero-order valence-corrected chi connectivity index (χ0v) is 12.7. The molecule has 0 amide bonds. The Balaban J connectivity index is 2.10. The van der Waals surface area contributed by atoms with Crippen LogP contribution < -0.4 is 5.32 Å². The molecule has 4 nitrogen and oxygen atoms in total. The first kappa shape index (κ1) is 13.8. The van der Waals surface area contributed by atoms with Crippen molar-refractivity contribution in [1.29, 1.82) is 5.26 Å². The van der Waals surface area contributed by atoms with E-state index in [1.807, 2.05) is 42.2 Å². The minimum atomic E-state index is 0.241. The normalized spacial score (nSPS) is 19.8. The van der Waals surface area contributed by atoms with Gasteiger partial charge in [0.25, 0.3) is 0 Å². The Morgan fingerprint density at radius 3 is 2.95 bits per heavy atom. The van der Waals surface area contributed by atoms with Gasteiger partial charge >= 0.3 is 0 Å². The van der Waals surface area contributed by atoms with E-state index in [4.69, 9.17) is 5.26 Å². The van der Waals surface area contributed by atoms with E-state index < -0.39 is 0 Å². The lowest BCUT2D eigenvalue weighted by Crippen LogP contribution is -2.32. The van der Waals surface area contributed by atoms with Gasteiger partial charge in [0.05, 0.1) is 23.5 Å². The molecule has 1 aromatic carbocycles. The fourth-order valence-electron chi connectivity index (χ4n) is 3.23. The number of benzene rings is 1. The molecule has 3 rings (SSSR count). The quantitative estimate of drug-likeness (QED) is 0.920. The van der Waals surface area contributed by atoms with Crippen LogP contribution in [0.1, 0.15) is 43.1 Å². The maximum absolute atomic E-state index is 9.07. The topological polar surface area (TPSA) is 53.6 Å². The molecule has 0 saturated carbocycles. The molecule has 0 fully saturated rings. The molecule has 1 aromatic heterocycles. The molecule has 0 aliphatic heterocycles. The van der Waals surface area contributed by atoms with Crippen LogP contribution in [0.5, 0.6) is 0 Å². The van der Waals surface area contributed by atoms with Crippen molar-refractivity contribution in [1.82, 2.24) is 15.1 Å². The summed E-state index contributed by atoms with van der Waals surface area (Å²) in [5, 5.41) is 17.0. The second-order valence-corrected chi connectivity index (χ2v) is 6.51. The Hall–Kier alpha value is -2.12. The highest BCUT2D eigenvalue weighted by Crippen LogP contribution is 2.41. The standard InChI is InChI=1S/C17H20N4/c1-17(2)8-15(19-3)14-11-20-21(16(14)9-17)13-6-4-5-12(7-13)10-18/h4-7,11,15,19H,8-9H2,1-3H3. The van der Waals surface area contributed by atoms with E-state index in [0.717, 1.165) is 18.5 Å². The summed E-state index contributed by atoms with van der Waals surface area (Å²) in [5.74, 6) is 0. The first-order valence-electron chi connectivity index (χ1n) is 7.29. The van der Waals surface area contributed by atoms with Crippen LogP contribution in [0.3, 0.4) is 0 Å². The monoisotopic (exact) mass is 280 g/mol. The largest absolute Gasteiger partial charge is 0.313 e. The van der Waals surface area contributed by atoms with Crippen molar-refractivity contribution in [2.45, 2.75) is 32.7 Å². The van der Waals surface area contributed by atoms with Crippen LogP contribution in [0.15, 0.2) is 30.5 Å². The van der Waals surface area contributed by atoms with Crippen molar-refractivity contribution in [2.24, 2.45) is 5.41 Å². The van der Waals surface area contributed by atoms with E-state index in [1.165, 1.54) is 11.3 Å². The van der Waals surface area contributed by atoms with E-state index in [-0.39, 0.29) is 5.41 Å². The van der Waals surface area contributed by atoms with Gasteiger partial charge in [0.1, 0.15) is 0 Å². The van der Waals surface area contributed by atoms with Crippen molar-refractivity contribution in [3.05, 3.63) is 47.3 Å². The molecule has 0 spiro atoms. The highest BCUT2D eigenvalue weighted by molar-refractivity contribution is 5.43. The van der Waals surface area contributed by atoms with Gasteiger partial charge in [-0.3, -0.25) is 0 Å². The second-order valence-electron chi connectivity index (χ2n) is 6.51. The Morgan fingerprint density at radius 2 is 2.24 bits per heavy atom. The zero-order valence-electron chi connectivity index (χ0n) is 12.7. The minimum Gasteiger partial charge on any atom is -0.313 e. The van der Waals surface area contributed by atoms with Crippen LogP contribution in [0.4, 0.5) is 0 Å². The van der Waals surface area contributed by atoms with E-state index >= 15 is 0 Å². The molecule has 1 N–H and O–H groups in total. The molecule has 1 atom stereocenters. The third-order valence-electron chi connectivity index (χ3n) is 4.25. The summed E-state index contributed by atoms with van der Waals surface area (Å²) in [6.45, 7) is 4.59. The van der Waals surface area contributed by atoms with Gasteiger partial charge in [0, 0.05) is 17.3 Å². The van der Waals surface area contributed by atoms with Crippen molar-refractivity contribution < 1.29 is 0 Å². The molecule has 108 valence electrons. The molecule has 1 aliphatic carbocycles. The van der Waals surface area contributed by atoms with E-state index in [9.17, 15) is 0 Å². The van der Waals surface area contributed by atoms with Crippen molar-refractivity contribution in [3.8, 4) is 11.8 Å². The predicted octanol–water partition coefficient (Wildman–Crippen LogP) is 2.98. The van der Waals surface area contributed by atoms with Crippen LogP contribution in [0.2, 0.25) is 0 Å². The van der Waals surface area contributed by atoms with Gasteiger partial charge in [0.15, 0.2) is 0 Å². The van der Waals surface area contributed by atoms with E-state index in [2.05, 4.69) is 30.3 Å². The average Bonchev–Trinajstić information content (AvgIpc) is 2.88. The lowest BCUT2D eigenvalue weighted by molar-refractivity contribution is 0.260. The minimum absolute atomic E-state index is 0.241. The number of hydrogen-bond acceptors (Lipinski definition) is 3. The molecule has 0 radical (unpaired) electrons. The molecule has 21 heavy (non-hydrogen) atoms. The number of nitriles is 1. The smallest absolute Gasteiger partial charge is 0.0992 e. The third-order valence-corrected chi connectivity index (χ3v) is 4.25. The van der Waals surface area contributed by atoms with Crippen LogP contribution in [0.25, 0.3) is 5.69 Å². The molecule has 1 heterocycles. The Labute approximate surface area is 125 Å². The zero-order chi connectivity index (χ0) is 15.0. The molecule has 0 saturated heterocycles. The Bertz CT molecular complexity index is 706. The molecular formula is C17H20N4. The van der Waals surface area contributed by atoms with Crippen molar-refractivity contribution >= 4 is 0 Å². The first-order chi connectivity index (χ1) is 10.0. The summed E-state index contributed by atoms with van der Waals surface area (Å²) in [6, 6.07) is 10.2. The fourth-order valence-corrected chi connectivity index (χ4v) is 3.23. The molecule has 2 aromatic rings. The van der Waals surface area contributed by atoms with Gasteiger partial charge in [-0.25, -0.2) is 4.68 Å². The summed E-state index contributed by atoms with van der Waals surface area (Å²) in [4.78, 5) is 0. The lowest BCUT2D eigenvalue weighted by atomic mass is 9.74. The maximum atomic E-state index is 9.07. The molecule has 1 unspecified atom stereocenters. The van der Waals surface area contributed by atoms with Crippen molar-refractivity contribution in [2.75, 3.05) is 7.05 Å². The number of aromatic nitrogens is 2. The molecule has 4 heteroatoms. The average molecular weight is 280 g/mol. The number of nitrogens with zero attached hydrogens (tertiary/aromatic N) is 3. The van der Waals surface area contributed by atoms with Gasteiger partial charge in [-0.15, -0.1) is 0 Å². The first-order valence-corrected chi connectivity index (χ1v) is 7.29. The van der Waals surface area contributed by atoms with Crippen LogP contribution >= 0.6 is 0 Å². The SMILES string of the molecule is CNC1CC(C)(C)Cc2c1cnn2-c1cccc(C#N)c1. The molecule has 0 bridgehead atoms. The van der Waals surface area contributed by atoms with Crippen LogP contribution in [-0.4, -0.2) is 16.8 Å². The Kier molecular flexibility index (Phi) is 3.30. The van der Waals surface area contributed by atoms with Crippen molar-refractivity contribution in [3.63, 3.8) is 0 Å². The molecule has 1 aliphatic rings. The highest BCUT2D eigenvalue weighted by atomic mass is 15.3. The summed E-state index contributed by atoms with van der Waals surface area (Å²) < 4.78 is 1.99. The summed E-state index contributed by atoms with van der Waals surface area (Å²) >= 11 is 0. The van der Waals surface area contributed by atoms with Gasteiger partial charge in [-0.1, -0.05) is 19.9 Å². The second kappa shape index (κ2) is 5.01. The maximum Gasteiger partial charge on any atom is 0.0992 e. The molecular weight excluding hydrogens is 260 g/mol. The Morgan fingerprint density at radius 1 is 1.43 bits per heavy atom. The lowest BCUT2D eigenvalue weighted by Gasteiger charge is -2.35. The highest BCUT2D eigenvalue weighted by Gasteiger charge is 2.34. The van der Waals surface area contributed by atoms with Gasteiger partial charge in [-0.05, 0) is 43.5 Å². The predicted molar refractivity (Wildman–Crippen MR) is 82.2 cm³/mol. The number of hydrogen-bond donors (Lipinski definition) is 1. The summed E-state index contributed by atoms with van der Waals surface area (Å²) in [6.07, 6.45) is 4.07. The van der Waals surface area contributed by atoms with E-state index in [0.29, 0.717) is 11.6 Å². The van der Waals surface area contributed by atoms with Gasteiger partial charge in [0.2, 0.25) is 0 Å². The summed E-state index contributed by atoms with van der Waals surface area (Å²) in [7, 11) is 2.00. The van der Waals surface area contributed by atoms with Crippen LogP contribution in [-0.2, 0) is 6.42 Å².